The summed E-state index contributed by atoms with van der Waals surface area (Å²) in [5.74, 6) is 7.50. The molecule has 1 aliphatic rings. The fourth-order valence-corrected chi connectivity index (χ4v) is 3.07. The number of hydrogen-bond donors (Lipinski definition) is 2. The van der Waals surface area contributed by atoms with Crippen LogP contribution in [0.1, 0.15) is 25.7 Å². The van der Waals surface area contributed by atoms with Crippen molar-refractivity contribution in [3.05, 3.63) is 0 Å². The van der Waals surface area contributed by atoms with Crippen molar-refractivity contribution in [3.8, 4) is 0 Å². The van der Waals surface area contributed by atoms with Gasteiger partial charge in [0.1, 0.15) is 0 Å². The van der Waals surface area contributed by atoms with E-state index in [0.717, 1.165) is 25.4 Å². The summed E-state index contributed by atoms with van der Waals surface area (Å²) in [6.07, 6.45) is 3.85. The molecule has 1 aliphatic heterocycles. The molecule has 0 aromatic rings. The van der Waals surface area contributed by atoms with Crippen LogP contribution in [0.5, 0.6) is 0 Å². The molecule has 1 amide bonds. The minimum Gasteiger partial charge on any atom is -0.303 e. The number of amides is 1. The summed E-state index contributed by atoms with van der Waals surface area (Å²) in [6, 6.07) is 0.748. The SMILES string of the molecule is CN(CCCCC(=O)NN)C1CCSC1. The van der Waals surface area contributed by atoms with E-state index < -0.39 is 0 Å². The Morgan fingerprint density at radius 2 is 2.40 bits per heavy atom. The lowest BCUT2D eigenvalue weighted by molar-refractivity contribution is -0.121. The summed E-state index contributed by atoms with van der Waals surface area (Å²) in [5.41, 5.74) is 2.15. The van der Waals surface area contributed by atoms with Crippen molar-refractivity contribution < 1.29 is 4.79 Å². The maximum absolute atomic E-state index is 10.9. The molecule has 0 aliphatic carbocycles. The number of carbonyl (C=O) groups is 1. The Hall–Kier alpha value is -0.260. The molecule has 15 heavy (non-hydrogen) atoms. The molecule has 1 atom stereocenters. The van der Waals surface area contributed by atoms with E-state index in [1.807, 2.05) is 11.8 Å². The van der Waals surface area contributed by atoms with Gasteiger partial charge >= 0.3 is 0 Å². The van der Waals surface area contributed by atoms with Crippen molar-refractivity contribution in [2.75, 3.05) is 25.1 Å². The van der Waals surface area contributed by atoms with E-state index in [-0.39, 0.29) is 5.91 Å². The molecule has 3 N–H and O–H groups in total. The number of rotatable bonds is 6. The molecule has 0 saturated carbocycles. The monoisotopic (exact) mass is 231 g/mol. The number of hydrazine groups is 1. The highest BCUT2D eigenvalue weighted by Crippen LogP contribution is 2.21. The van der Waals surface area contributed by atoms with E-state index >= 15 is 0 Å². The Kier molecular flexibility index (Phi) is 6.05. The van der Waals surface area contributed by atoms with E-state index in [9.17, 15) is 4.79 Å². The third-order valence-corrected chi connectivity index (χ3v) is 4.00. The average Bonchev–Trinajstić information content (AvgIpc) is 2.77. The highest BCUT2D eigenvalue weighted by molar-refractivity contribution is 7.99. The zero-order valence-electron chi connectivity index (χ0n) is 9.37. The fraction of sp³-hybridized carbons (Fsp3) is 0.900. The molecule has 1 unspecified atom stereocenters. The van der Waals surface area contributed by atoms with E-state index in [1.165, 1.54) is 17.9 Å². The van der Waals surface area contributed by atoms with Crippen LogP contribution < -0.4 is 11.3 Å². The summed E-state index contributed by atoms with van der Waals surface area (Å²) in [5, 5.41) is 0. The van der Waals surface area contributed by atoms with Crippen molar-refractivity contribution >= 4 is 17.7 Å². The summed E-state index contributed by atoms with van der Waals surface area (Å²) in [7, 11) is 2.18. The van der Waals surface area contributed by atoms with Gasteiger partial charge in [0.25, 0.3) is 0 Å². The van der Waals surface area contributed by atoms with Crippen LogP contribution >= 0.6 is 11.8 Å². The van der Waals surface area contributed by atoms with E-state index in [2.05, 4.69) is 17.4 Å². The number of nitrogens with two attached hydrogens (primary N) is 1. The third-order valence-electron chi connectivity index (χ3n) is 2.85. The van der Waals surface area contributed by atoms with Crippen LogP contribution in [0.15, 0.2) is 0 Å². The van der Waals surface area contributed by atoms with Gasteiger partial charge in [-0.3, -0.25) is 10.2 Å². The zero-order chi connectivity index (χ0) is 11.1. The Labute approximate surface area is 95.9 Å². The van der Waals surface area contributed by atoms with Crippen LogP contribution in [0.4, 0.5) is 0 Å². The Bertz CT molecular complexity index is 195. The molecule has 5 heteroatoms. The van der Waals surface area contributed by atoms with Crippen molar-refractivity contribution in [3.63, 3.8) is 0 Å². The molecule has 0 aromatic carbocycles. The largest absolute Gasteiger partial charge is 0.303 e. The molecule has 1 rings (SSSR count). The third kappa shape index (κ3) is 4.86. The van der Waals surface area contributed by atoms with E-state index in [1.54, 1.807) is 0 Å². The van der Waals surface area contributed by atoms with Gasteiger partial charge in [0, 0.05) is 18.2 Å². The Balaban J connectivity index is 2.01. The fourth-order valence-electron chi connectivity index (χ4n) is 1.77. The second-order valence-corrected chi connectivity index (χ2v) is 5.17. The minimum atomic E-state index is -0.0610. The van der Waals surface area contributed by atoms with Crippen LogP contribution in [0.25, 0.3) is 0 Å². The highest BCUT2D eigenvalue weighted by atomic mass is 32.2. The Morgan fingerprint density at radius 1 is 1.60 bits per heavy atom. The first-order valence-corrected chi connectivity index (χ1v) is 6.67. The predicted octanol–water partition coefficient (Wildman–Crippen LogP) is 0.584. The van der Waals surface area contributed by atoms with Gasteiger partial charge in [-0.05, 0) is 38.6 Å². The number of hydrogen-bond acceptors (Lipinski definition) is 4. The molecule has 0 radical (unpaired) electrons. The van der Waals surface area contributed by atoms with E-state index in [0.29, 0.717) is 6.42 Å². The number of nitrogens with one attached hydrogen (secondary N) is 1. The summed E-state index contributed by atoms with van der Waals surface area (Å²) in [4.78, 5) is 13.3. The molecule has 0 aromatic heterocycles. The lowest BCUT2D eigenvalue weighted by Crippen LogP contribution is -2.33. The van der Waals surface area contributed by atoms with Crippen molar-refractivity contribution in [2.45, 2.75) is 31.7 Å². The van der Waals surface area contributed by atoms with Crippen LogP contribution in [0, 0.1) is 0 Å². The van der Waals surface area contributed by atoms with Gasteiger partial charge in [0.15, 0.2) is 0 Å². The molecule has 1 heterocycles. The smallest absolute Gasteiger partial charge is 0.233 e. The van der Waals surface area contributed by atoms with E-state index in [4.69, 9.17) is 5.84 Å². The molecule has 1 saturated heterocycles. The maximum Gasteiger partial charge on any atom is 0.233 e. The van der Waals surface area contributed by atoms with Gasteiger partial charge < -0.3 is 4.90 Å². The van der Waals surface area contributed by atoms with Gasteiger partial charge in [0.2, 0.25) is 5.91 Å². The van der Waals surface area contributed by atoms with Crippen LogP contribution in [0.3, 0.4) is 0 Å². The second kappa shape index (κ2) is 7.09. The lowest BCUT2D eigenvalue weighted by Gasteiger charge is -2.23. The van der Waals surface area contributed by atoms with Gasteiger partial charge in [-0.1, -0.05) is 0 Å². The first-order chi connectivity index (χ1) is 7.24. The summed E-state index contributed by atoms with van der Waals surface area (Å²) in [6.45, 7) is 1.09. The number of unbranched alkanes of at least 4 members (excludes halogenated alkanes) is 1. The second-order valence-electron chi connectivity index (χ2n) is 4.02. The van der Waals surface area contributed by atoms with Crippen LogP contribution in [0.2, 0.25) is 0 Å². The number of nitrogens with zero attached hydrogens (tertiary/aromatic N) is 1. The highest BCUT2D eigenvalue weighted by Gasteiger charge is 2.19. The zero-order valence-corrected chi connectivity index (χ0v) is 10.2. The maximum atomic E-state index is 10.9. The topological polar surface area (TPSA) is 58.4 Å². The quantitative estimate of drug-likeness (QED) is 0.304. The van der Waals surface area contributed by atoms with Crippen molar-refractivity contribution in [2.24, 2.45) is 5.84 Å². The molecule has 88 valence electrons. The average molecular weight is 231 g/mol. The Morgan fingerprint density at radius 3 is 3.00 bits per heavy atom. The number of thioether (sulfide) groups is 1. The van der Waals surface area contributed by atoms with Gasteiger partial charge in [-0.2, -0.15) is 11.8 Å². The van der Waals surface area contributed by atoms with Gasteiger partial charge in [-0.25, -0.2) is 5.84 Å². The first-order valence-electron chi connectivity index (χ1n) is 5.51. The van der Waals surface area contributed by atoms with Crippen molar-refractivity contribution in [1.82, 2.24) is 10.3 Å². The molecule has 4 nitrogen and oxygen atoms in total. The molecule has 0 spiro atoms. The molecular weight excluding hydrogens is 210 g/mol. The lowest BCUT2D eigenvalue weighted by atomic mass is 10.2. The standard InChI is InChI=1S/C10H21N3OS/c1-13(9-5-7-15-8-9)6-3-2-4-10(14)12-11/h9H,2-8,11H2,1H3,(H,12,14). The molecule has 1 fully saturated rings. The van der Waals surface area contributed by atoms with Gasteiger partial charge in [0.05, 0.1) is 0 Å². The van der Waals surface area contributed by atoms with Crippen LogP contribution in [-0.4, -0.2) is 41.9 Å². The van der Waals surface area contributed by atoms with Crippen LogP contribution in [-0.2, 0) is 4.79 Å². The summed E-state index contributed by atoms with van der Waals surface area (Å²) < 4.78 is 0. The first kappa shape index (κ1) is 12.8. The van der Waals surface area contributed by atoms with Crippen molar-refractivity contribution in [1.29, 1.82) is 0 Å². The number of carbonyl (C=O) groups excluding carboxylic acids is 1. The molecular formula is C10H21N3OS. The predicted molar refractivity (Wildman–Crippen MR) is 64.5 cm³/mol. The summed E-state index contributed by atoms with van der Waals surface area (Å²) >= 11 is 2.04. The van der Waals surface area contributed by atoms with Gasteiger partial charge in [-0.15, -0.1) is 0 Å². The minimum absolute atomic E-state index is 0.0610. The molecule has 0 bridgehead atoms. The normalized spacial score (nSPS) is 20.9.